The van der Waals surface area contributed by atoms with Crippen molar-refractivity contribution in [2.75, 3.05) is 13.6 Å². The molecule has 1 aromatic rings. The minimum absolute atomic E-state index is 0.171. The molecule has 0 radical (unpaired) electrons. The second kappa shape index (κ2) is 7.54. The van der Waals surface area contributed by atoms with Crippen LogP contribution in [-0.4, -0.2) is 35.6 Å². The van der Waals surface area contributed by atoms with E-state index in [2.05, 4.69) is 18.4 Å². The van der Waals surface area contributed by atoms with Crippen molar-refractivity contribution < 1.29 is 9.90 Å². The number of hydrogen-bond donors (Lipinski definition) is 1. The standard InChI is InChI=1S/C14H23NO2S/c1-11-8-10-18-13(11)5-4-6-14(17)15(3)9-7-12(2)16/h8,10,12,16H,4-7,9H2,1-3H3. The van der Waals surface area contributed by atoms with E-state index >= 15 is 0 Å². The third-order valence-electron chi connectivity index (χ3n) is 3.07. The molecule has 1 atom stereocenters. The van der Waals surface area contributed by atoms with Crippen LogP contribution in [0.3, 0.4) is 0 Å². The zero-order valence-corrected chi connectivity index (χ0v) is 12.3. The van der Waals surface area contributed by atoms with E-state index in [1.165, 1.54) is 10.4 Å². The number of aliphatic hydroxyl groups excluding tert-OH is 1. The Morgan fingerprint density at radius 2 is 2.28 bits per heavy atom. The third-order valence-corrected chi connectivity index (χ3v) is 4.15. The van der Waals surface area contributed by atoms with Gasteiger partial charge >= 0.3 is 0 Å². The SMILES string of the molecule is Cc1ccsc1CCCC(=O)N(C)CCC(C)O. The van der Waals surface area contributed by atoms with E-state index in [4.69, 9.17) is 0 Å². The second-order valence-electron chi connectivity index (χ2n) is 4.83. The molecule has 1 rings (SSSR count). The highest BCUT2D eigenvalue weighted by Gasteiger charge is 2.10. The molecule has 0 spiro atoms. The lowest BCUT2D eigenvalue weighted by molar-refractivity contribution is -0.130. The number of carbonyl (C=O) groups is 1. The van der Waals surface area contributed by atoms with Crippen LogP contribution < -0.4 is 0 Å². The minimum atomic E-state index is -0.339. The van der Waals surface area contributed by atoms with Gasteiger partial charge < -0.3 is 10.0 Å². The molecule has 0 saturated heterocycles. The number of rotatable bonds is 7. The predicted molar refractivity (Wildman–Crippen MR) is 75.9 cm³/mol. The van der Waals surface area contributed by atoms with Gasteiger partial charge in [0, 0.05) is 24.9 Å². The summed E-state index contributed by atoms with van der Waals surface area (Å²) >= 11 is 1.77. The maximum Gasteiger partial charge on any atom is 0.222 e. The molecule has 0 fully saturated rings. The van der Waals surface area contributed by atoms with Gasteiger partial charge in [-0.2, -0.15) is 0 Å². The maximum absolute atomic E-state index is 11.8. The fourth-order valence-electron chi connectivity index (χ4n) is 1.76. The predicted octanol–water partition coefficient (Wildman–Crippen LogP) is 2.61. The lowest BCUT2D eigenvalue weighted by Crippen LogP contribution is -2.29. The number of nitrogens with zero attached hydrogens (tertiary/aromatic N) is 1. The molecule has 0 aliphatic carbocycles. The van der Waals surface area contributed by atoms with E-state index in [0.29, 0.717) is 19.4 Å². The quantitative estimate of drug-likeness (QED) is 0.826. The first kappa shape index (κ1) is 15.2. The summed E-state index contributed by atoms with van der Waals surface area (Å²) < 4.78 is 0. The summed E-state index contributed by atoms with van der Waals surface area (Å²) in [6, 6.07) is 2.12. The van der Waals surface area contributed by atoms with Gasteiger partial charge in [-0.05, 0) is 50.1 Å². The van der Waals surface area contributed by atoms with Crippen LogP contribution in [0.2, 0.25) is 0 Å². The summed E-state index contributed by atoms with van der Waals surface area (Å²) in [6.45, 7) is 4.49. The summed E-state index contributed by atoms with van der Waals surface area (Å²) in [5, 5.41) is 11.3. The Bertz CT molecular complexity index is 374. The first-order valence-electron chi connectivity index (χ1n) is 6.45. The van der Waals surface area contributed by atoms with Gasteiger partial charge in [0.1, 0.15) is 0 Å². The Balaban J connectivity index is 2.22. The topological polar surface area (TPSA) is 40.5 Å². The Labute approximate surface area is 113 Å². The Morgan fingerprint density at radius 3 is 2.83 bits per heavy atom. The van der Waals surface area contributed by atoms with E-state index in [1.54, 1.807) is 30.2 Å². The summed E-state index contributed by atoms with van der Waals surface area (Å²) in [5.74, 6) is 0.171. The summed E-state index contributed by atoms with van der Waals surface area (Å²) in [4.78, 5) is 14.9. The van der Waals surface area contributed by atoms with Crippen molar-refractivity contribution in [2.45, 2.75) is 45.6 Å². The molecule has 4 heteroatoms. The third kappa shape index (κ3) is 5.19. The largest absolute Gasteiger partial charge is 0.393 e. The van der Waals surface area contributed by atoms with Gasteiger partial charge in [-0.25, -0.2) is 0 Å². The molecular formula is C14H23NO2S. The molecule has 18 heavy (non-hydrogen) atoms. The maximum atomic E-state index is 11.8. The lowest BCUT2D eigenvalue weighted by Gasteiger charge is -2.17. The van der Waals surface area contributed by atoms with Crippen molar-refractivity contribution in [3.05, 3.63) is 21.9 Å². The average molecular weight is 269 g/mol. The number of aryl methyl sites for hydroxylation is 2. The van der Waals surface area contributed by atoms with Gasteiger partial charge in [0.25, 0.3) is 0 Å². The average Bonchev–Trinajstić information content (AvgIpc) is 2.72. The van der Waals surface area contributed by atoms with Crippen molar-refractivity contribution in [1.29, 1.82) is 0 Å². The zero-order chi connectivity index (χ0) is 13.5. The van der Waals surface area contributed by atoms with E-state index in [1.807, 2.05) is 0 Å². The first-order valence-corrected chi connectivity index (χ1v) is 7.33. The lowest BCUT2D eigenvalue weighted by atomic mass is 10.1. The normalized spacial score (nSPS) is 12.4. The van der Waals surface area contributed by atoms with Crippen LogP contribution >= 0.6 is 11.3 Å². The van der Waals surface area contributed by atoms with Gasteiger partial charge in [0.15, 0.2) is 0 Å². The van der Waals surface area contributed by atoms with Gasteiger partial charge in [0.2, 0.25) is 5.91 Å². The zero-order valence-electron chi connectivity index (χ0n) is 11.5. The molecule has 0 aliphatic heterocycles. The second-order valence-corrected chi connectivity index (χ2v) is 5.83. The monoisotopic (exact) mass is 269 g/mol. The Kier molecular flexibility index (Phi) is 6.36. The summed E-state index contributed by atoms with van der Waals surface area (Å²) in [7, 11) is 1.81. The molecule has 1 N–H and O–H groups in total. The Morgan fingerprint density at radius 1 is 1.56 bits per heavy atom. The van der Waals surface area contributed by atoms with Crippen molar-refractivity contribution in [3.63, 3.8) is 0 Å². The van der Waals surface area contributed by atoms with Crippen molar-refractivity contribution >= 4 is 17.2 Å². The van der Waals surface area contributed by atoms with Gasteiger partial charge in [0.05, 0.1) is 6.10 Å². The number of amides is 1. The van der Waals surface area contributed by atoms with Crippen LogP contribution in [0.5, 0.6) is 0 Å². The van der Waals surface area contributed by atoms with E-state index in [9.17, 15) is 9.90 Å². The molecular weight excluding hydrogens is 246 g/mol. The number of hydrogen-bond acceptors (Lipinski definition) is 3. The fraction of sp³-hybridized carbons (Fsp3) is 0.643. The Hall–Kier alpha value is -0.870. The molecule has 1 unspecified atom stereocenters. The molecule has 0 aromatic carbocycles. The highest BCUT2D eigenvalue weighted by molar-refractivity contribution is 7.10. The molecule has 0 saturated carbocycles. The van der Waals surface area contributed by atoms with Gasteiger partial charge in [-0.1, -0.05) is 0 Å². The van der Waals surface area contributed by atoms with E-state index in [0.717, 1.165) is 12.8 Å². The molecule has 1 heterocycles. The minimum Gasteiger partial charge on any atom is -0.393 e. The van der Waals surface area contributed by atoms with Gasteiger partial charge in [-0.3, -0.25) is 4.79 Å². The molecule has 1 aromatic heterocycles. The molecule has 3 nitrogen and oxygen atoms in total. The fourth-order valence-corrected chi connectivity index (χ4v) is 2.71. The highest BCUT2D eigenvalue weighted by Crippen LogP contribution is 2.18. The summed E-state index contributed by atoms with van der Waals surface area (Å²) in [6.07, 6.45) is 2.78. The van der Waals surface area contributed by atoms with Crippen LogP contribution in [-0.2, 0) is 11.2 Å². The van der Waals surface area contributed by atoms with Crippen molar-refractivity contribution in [2.24, 2.45) is 0 Å². The van der Waals surface area contributed by atoms with Crippen LogP contribution in [0, 0.1) is 6.92 Å². The number of carbonyl (C=O) groups excluding carboxylic acids is 1. The van der Waals surface area contributed by atoms with E-state index < -0.39 is 0 Å². The molecule has 102 valence electrons. The summed E-state index contributed by atoms with van der Waals surface area (Å²) in [5.41, 5.74) is 1.33. The van der Waals surface area contributed by atoms with Gasteiger partial charge in [-0.15, -0.1) is 11.3 Å². The van der Waals surface area contributed by atoms with Crippen molar-refractivity contribution in [1.82, 2.24) is 4.90 Å². The van der Waals surface area contributed by atoms with Crippen LogP contribution in [0.1, 0.15) is 36.6 Å². The van der Waals surface area contributed by atoms with Crippen LogP contribution in [0.4, 0.5) is 0 Å². The van der Waals surface area contributed by atoms with Crippen LogP contribution in [0.25, 0.3) is 0 Å². The smallest absolute Gasteiger partial charge is 0.222 e. The molecule has 0 aliphatic rings. The van der Waals surface area contributed by atoms with Crippen LogP contribution in [0.15, 0.2) is 11.4 Å². The van der Waals surface area contributed by atoms with E-state index in [-0.39, 0.29) is 12.0 Å². The number of aliphatic hydroxyl groups is 1. The molecule has 1 amide bonds. The highest BCUT2D eigenvalue weighted by atomic mass is 32.1. The molecule has 0 bridgehead atoms. The first-order chi connectivity index (χ1) is 8.50. The van der Waals surface area contributed by atoms with Crippen molar-refractivity contribution in [3.8, 4) is 0 Å². The number of thiophene rings is 1.